The number of aryl methyl sites for hydroxylation is 3. The molecule has 3 aromatic rings. The molecule has 0 aliphatic carbocycles. The van der Waals surface area contributed by atoms with Gasteiger partial charge in [0.1, 0.15) is 0 Å². The van der Waals surface area contributed by atoms with Crippen LogP contribution in [0.15, 0.2) is 46.3 Å². The van der Waals surface area contributed by atoms with Gasteiger partial charge in [-0.2, -0.15) is 9.30 Å². The van der Waals surface area contributed by atoms with Crippen molar-refractivity contribution in [2.24, 2.45) is 4.99 Å². The monoisotopic (exact) mass is 505 g/mol. The van der Waals surface area contributed by atoms with E-state index in [0.717, 1.165) is 21.3 Å². The van der Waals surface area contributed by atoms with Crippen LogP contribution < -0.4 is 4.80 Å². The normalized spacial score (nSPS) is 12.7. The number of benzene rings is 2. The van der Waals surface area contributed by atoms with Crippen molar-refractivity contribution in [3.63, 3.8) is 0 Å². The van der Waals surface area contributed by atoms with E-state index in [-0.39, 0.29) is 31.2 Å². The molecule has 3 rings (SSSR count). The van der Waals surface area contributed by atoms with Crippen LogP contribution >= 0.6 is 11.3 Å². The Hall–Kier alpha value is -2.37. The molecular formula is C24H31N3O5S2. The van der Waals surface area contributed by atoms with Gasteiger partial charge in [0.15, 0.2) is 4.80 Å². The number of hydrogen-bond acceptors (Lipinski definition) is 6. The minimum absolute atomic E-state index is 0.105. The molecule has 0 radical (unpaired) electrons. The number of amides is 1. The molecule has 0 N–H and O–H groups in total. The number of aromatic nitrogens is 1. The molecule has 1 aromatic heterocycles. The van der Waals surface area contributed by atoms with Gasteiger partial charge >= 0.3 is 0 Å². The Bertz CT molecular complexity index is 1320. The van der Waals surface area contributed by atoms with E-state index in [2.05, 4.69) is 17.1 Å². The van der Waals surface area contributed by atoms with Gasteiger partial charge in [-0.25, -0.2) is 8.42 Å². The summed E-state index contributed by atoms with van der Waals surface area (Å²) in [5.41, 5.74) is 3.69. The minimum atomic E-state index is -3.76. The van der Waals surface area contributed by atoms with Gasteiger partial charge < -0.3 is 14.0 Å². The molecule has 0 aliphatic rings. The maximum atomic E-state index is 13.1. The summed E-state index contributed by atoms with van der Waals surface area (Å²) in [6.07, 6.45) is 0. The Labute approximate surface area is 204 Å². The molecule has 184 valence electrons. The molecule has 1 heterocycles. The van der Waals surface area contributed by atoms with Crippen LogP contribution in [0, 0.1) is 13.8 Å². The third kappa shape index (κ3) is 5.47. The Balaban J connectivity index is 1.93. The van der Waals surface area contributed by atoms with Crippen LogP contribution in [0.3, 0.4) is 0 Å². The molecule has 0 saturated heterocycles. The highest BCUT2D eigenvalue weighted by atomic mass is 32.2. The highest BCUT2D eigenvalue weighted by molar-refractivity contribution is 7.89. The summed E-state index contributed by atoms with van der Waals surface area (Å²) in [5, 5.41) is 0. The van der Waals surface area contributed by atoms with Crippen LogP contribution in [0.2, 0.25) is 0 Å². The molecule has 0 unspecified atom stereocenters. The van der Waals surface area contributed by atoms with Crippen molar-refractivity contribution in [3.8, 4) is 0 Å². The number of carbonyl (C=O) groups excluding carboxylic acids is 1. The summed E-state index contributed by atoms with van der Waals surface area (Å²) in [6, 6.07) is 10.0. The highest BCUT2D eigenvalue weighted by Crippen LogP contribution is 2.25. The van der Waals surface area contributed by atoms with Crippen LogP contribution in [0.25, 0.3) is 10.2 Å². The standard InChI is InChI=1S/C24H31N3O5S2/c1-6-27-21-17(2)7-8-18(3)22(21)33-24(27)25-23(28)19-9-11-20(12-10-19)34(29,30)26(13-15-31-4)14-16-32-5/h7-12H,6,13-16H2,1-5H3. The number of thiazole rings is 1. The van der Waals surface area contributed by atoms with Crippen molar-refractivity contribution in [1.29, 1.82) is 0 Å². The molecule has 0 atom stereocenters. The third-order valence-corrected chi connectivity index (χ3v) is 8.69. The van der Waals surface area contributed by atoms with Gasteiger partial charge in [-0.15, -0.1) is 0 Å². The highest BCUT2D eigenvalue weighted by Gasteiger charge is 2.24. The van der Waals surface area contributed by atoms with E-state index in [4.69, 9.17) is 9.47 Å². The SMILES string of the molecule is CCn1c(=NC(=O)c2ccc(S(=O)(=O)N(CCOC)CCOC)cc2)sc2c(C)ccc(C)c21. The summed E-state index contributed by atoms with van der Waals surface area (Å²) in [6.45, 7) is 7.76. The second-order valence-corrected chi connectivity index (χ2v) is 10.8. The van der Waals surface area contributed by atoms with Gasteiger partial charge in [0.25, 0.3) is 5.91 Å². The van der Waals surface area contributed by atoms with E-state index in [9.17, 15) is 13.2 Å². The quantitative estimate of drug-likeness (QED) is 0.421. The Morgan fingerprint density at radius 3 is 2.15 bits per heavy atom. The first-order valence-corrected chi connectivity index (χ1v) is 13.3. The number of sulfonamides is 1. The summed E-state index contributed by atoms with van der Waals surface area (Å²) in [5.74, 6) is -0.413. The molecule has 0 spiro atoms. The van der Waals surface area contributed by atoms with Crippen molar-refractivity contribution >= 4 is 37.5 Å². The maximum absolute atomic E-state index is 13.1. The van der Waals surface area contributed by atoms with Gasteiger partial charge in [0.05, 0.1) is 28.3 Å². The van der Waals surface area contributed by atoms with Gasteiger partial charge in [0, 0.05) is 39.4 Å². The smallest absolute Gasteiger partial charge is 0.279 e. The first-order chi connectivity index (χ1) is 16.2. The van der Waals surface area contributed by atoms with Crippen LogP contribution in [-0.2, 0) is 26.0 Å². The zero-order valence-electron chi connectivity index (χ0n) is 20.2. The summed E-state index contributed by atoms with van der Waals surface area (Å²) >= 11 is 1.49. The van der Waals surface area contributed by atoms with Crippen LogP contribution in [-0.4, -0.2) is 63.7 Å². The first-order valence-electron chi connectivity index (χ1n) is 11.0. The summed E-state index contributed by atoms with van der Waals surface area (Å²) in [7, 11) is -0.714. The fraction of sp³-hybridized carbons (Fsp3) is 0.417. The van der Waals surface area contributed by atoms with Crippen molar-refractivity contribution < 1.29 is 22.7 Å². The lowest BCUT2D eigenvalue weighted by atomic mass is 10.1. The predicted molar refractivity (Wildman–Crippen MR) is 134 cm³/mol. The van der Waals surface area contributed by atoms with E-state index in [1.807, 2.05) is 25.3 Å². The predicted octanol–water partition coefficient (Wildman–Crippen LogP) is 3.36. The van der Waals surface area contributed by atoms with Crippen LogP contribution in [0.5, 0.6) is 0 Å². The number of nitrogens with zero attached hydrogens (tertiary/aromatic N) is 3. The zero-order chi connectivity index (χ0) is 24.9. The minimum Gasteiger partial charge on any atom is -0.383 e. The number of ether oxygens (including phenoxy) is 2. The molecule has 34 heavy (non-hydrogen) atoms. The fourth-order valence-electron chi connectivity index (χ4n) is 3.66. The van der Waals surface area contributed by atoms with Gasteiger partial charge in [-0.3, -0.25) is 4.79 Å². The molecule has 8 nitrogen and oxygen atoms in total. The van der Waals surface area contributed by atoms with Crippen LogP contribution in [0.4, 0.5) is 0 Å². The fourth-order valence-corrected chi connectivity index (χ4v) is 6.31. The van der Waals surface area contributed by atoms with Crippen molar-refractivity contribution in [2.45, 2.75) is 32.2 Å². The summed E-state index contributed by atoms with van der Waals surface area (Å²) < 4.78 is 40.7. The van der Waals surface area contributed by atoms with Crippen LogP contribution in [0.1, 0.15) is 28.4 Å². The second-order valence-electron chi connectivity index (χ2n) is 7.84. The summed E-state index contributed by atoms with van der Waals surface area (Å²) in [4.78, 5) is 18.0. The van der Waals surface area contributed by atoms with Crippen molar-refractivity contribution in [2.75, 3.05) is 40.5 Å². The largest absolute Gasteiger partial charge is 0.383 e. The third-order valence-electron chi connectivity index (χ3n) is 5.57. The lowest BCUT2D eigenvalue weighted by Crippen LogP contribution is -2.36. The number of carbonyl (C=O) groups is 1. The number of fused-ring (bicyclic) bond motifs is 1. The molecule has 2 aromatic carbocycles. The topological polar surface area (TPSA) is 90.2 Å². The maximum Gasteiger partial charge on any atom is 0.279 e. The molecule has 1 amide bonds. The van der Waals surface area contributed by atoms with E-state index >= 15 is 0 Å². The number of hydrogen-bond donors (Lipinski definition) is 0. The first kappa shape index (κ1) is 26.2. The Morgan fingerprint density at radius 2 is 1.59 bits per heavy atom. The second kappa shape index (κ2) is 11.4. The van der Waals surface area contributed by atoms with Gasteiger partial charge in [-0.05, 0) is 56.2 Å². The Kier molecular flexibility index (Phi) is 8.78. The molecular weight excluding hydrogens is 474 g/mol. The lowest BCUT2D eigenvalue weighted by Gasteiger charge is -2.21. The number of rotatable bonds is 10. The lowest BCUT2D eigenvalue weighted by molar-refractivity contribution is 0.0997. The molecule has 0 saturated carbocycles. The molecule has 0 fully saturated rings. The van der Waals surface area contributed by atoms with E-state index in [1.165, 1.54) is 54.1 Å². The van der Waals surface area contributed by atoms with E-state index in [0.29, 0.717) is 16.9 Å². The molecule has 0 bridgehead atoms. The van der Waals surface area contributed by atoms with Gasteiger partial charge in [0.2, 0.25) is 10.0 Å². The van der Waals surface area contributed by atoms with Gasteiger partial charge in [-0.1, -0.05) is 23.5 Å². The number of methoxy groups -OCH3 is 2. The average molecular weight is 506 g/mol. The molecule has 0 aliphatic heterocycles. The average Bonchev–Trinajstić information content (AvgIpc) is 3.20. The van der Waals surface area contributed by atoms with Crippen molar-refractivity contribution in [3.05, 3.63) is 57.9 Å². The van der Waals surface area contributed by atoms with Crippen molar-refractivity contribution in [1.82, 2.24) is 8.87 Å². The van der Waals surface area contributed by atoms with E-state index < -0.39 is 15.9 Å². The molecule has 10 heteroatoms. The zero-order valence-corrected chi connectivity index (χ0v) is 21.8. The van der Waals surface area contributed by atoms with E-state index in [1.54, 1.807) is 0 Å². The Morgan fingerprint density at radius 1 is 1.00 bits per heavy atom.